The Kier molecular flexibility index (Phi) is 2.56. The Hall–Kier alpha value is -1.10. The van der Waals surface area contributed by atoms with Gasteiger partial charge in [-0.2, -0.15) is 13.2 Å². The molecule has 1 rings (SSSR count). The van der Waals surface area contributed by atoms with Crippen LogP contribution in [0.2, 0.25) is 0 Å². The molecule has 0 amide bonds. The fraction of sp³-hybridized carbons (Fsp3) is 0.250. The Morgan fingerprint density at radius 3 is 2.31 bits per heavy atom. The van der Waals surface area contributed by atoms with Crippen LogP contribution >= 0.6 is 0 Å². The number of benzene rings is 1. The number of hydrogen-bond donors (Lipinski definition) is 0. The van der Waals surface area contributed by atoms with E-state index in [9.17, 15) is 22.7 Å². The molecule has 0 aliphatic carbocycles. The maximum absolute atomic E-state index is 12.4. The first-order valence-corrected chi connectivity index (χ1v) is 3.39. The van der Waals surface area contributed by atoms with E-state index in [0.29, 0.717) is 6.07 Å². The SMILES string of the molecule is [O]C(c1cccc(F)c1)C(F)(F)F. The van der Waals surface area contributed by atoms with Gasteiger partial charge in [-0.1, -0.05) is 12.1 Å². The highest BCUT2D eigenvalue weighted by atomic mass is 19.4. The van der Waals surface area contributed by atoms with Gasteiger partial charge in [-0.3, -0.25) is 0 Å². The van der Waals surface area contributed by atoms with Gasteiger partial charge in [0.15, 0.2) is 0 Å². The van der Waals surface area contributed by atoms with Crippen molar-refractivity contribution in [1.29, 1.82) is 0 Å². The molecule has 0 aliphatic heterocycles. The molecule has 0 aliphatic rings. The predicted octanol–water partition coefficient (Wildman–Crippen LogP) is 2.86. The van der Waals surface area contributed by atoms with Gasteiger partial charge in [-0.05, 0) is 17.7 Å². The third-order valence-electron chi connectivity index (χ3n) is 1.45. The lowest BCUT2D eigenvalue weighted by atomic mass is 10.1. The zero-order valence-electron chi connectivity index (χ0n) is 6.31. The van der Waals surface area contributed by atoms with Crippen molar-refractivity contribution in [3.8, 4) is 0 Å². The lowest BCUT2D eigenvalue weighted by Crippen LogP contribution is -2.19. The van der Waals surface area contributed by atoms with Crippen molar-refractivity contribution in [2.75, 3.05) is 0 Å². The van der Waals surface area contributed by atoms with Crippen molar-refractivity contribution >= 4 is 0 Å². The standard InChI is InChI=1S/C8H5F4O/c9-6-3-1-2-5(4-6)7(13)8(10,11)12/h1-4,7H. The van der Waals surface area contributed by atoms with Gasteiger partial charge in [0, 0.05) is 0 Å². The van der Waals surface area contributed by atoms with Crippen LogP contribution in [0.4, 0.5) is 17.6 Å². The molecule has 0 spiro atoms. The van der Waals surface area contributed by atoms with Gasteiger partial charge in [0.1, 0.15) is 5.82 Å². The highest BCUT2D eigenvalue weighted by Gasteiger charge is 2.41. The van der Waals surface area contributed by atoms with Crippen LogP contribution in [0, 0.1) is 5.82 Å². The molecule has 1 unspecified atom stereocenters. The van der Waals surface area contributed by atoms with Crippen molar-refractivity contribution < 1.29 is 22.7 Å². The Bertz CT molecular complexity index is 294. The van der Waals surface area contributed by atoms with E-state index in [0.717, 1.165) is 18.2 Å². The predicted molar refractivity (Wildman–Crippen MR) is 35.9 cm³/mol. The van der Waals surface area contributed by atoms with E-state index >= 15 is 0 Å². The summed E-state index contributed by atoms with van der Waals surface area (Å²) < 4.78 is 47.9. The minimum Gasteiger partial charge on any atom is -0.218 e. The fourth-order valence-electron chi connectivity index (χ4n) is 0.859. The van der Waals surface area contributed by atoms with Crippen LogP contribution in [-0.4, -0.2) is 6.18 Å². The maximum Gasteiger partial charge on any atom is 0.422 e. The summed E-state index contributed by atoms with van der Waals surface area (Å²) >= 11 is 0. The number of hydrogen-bond acceptors (Lipinski definition) is 0. The van der Waals surface area contributed by atoms with Crippen LogP contribution in [0.5, 0.6) is 0 Å². The van der Waals surface area contributed by atoms with Crippen LogP contribution in [-0.2, 0) is 5.11 Å². The van der Waals surface area contributed by atoms with Gasteiger partial charge in [0.05, 0.1) is 0 Å². The highest BCUT2D eigenvalue weighted by molar-refractivity contribution is 5.19. The Morgan fingerprint density at radius 1 is 1.23 bits per heavy atom. The molecule has 1 atom stereocenters. The molecule has 1 radical (unpaired) electrons. The zero-order chi connectivity index (χ0) is 10.1. The first-order chi connectivity index (χ1) is 5.91. The summed E-state index contributed by atoms with van der Waals surface area (Å²) in [4.78, 5) is 0. The van der Waals surface area contributed by atoms with E-state index in [1.807, 2.05) is 0 Å². The van der Waals surface area contributed by atoms with Crippen LogP contribution in [0.1, 0.15) is 11.7 Å². The van der Waals surface area contributed by atoms with Crippen molar-refractivity contribution in [3.63, 3.8) is 0 Å². The van der Waals surface area contributed by atoms with Crippen LogP contribution in [0.15, 0.2) is 24.3 Å². The molecule has 0 aromatic heterocycles. The van der Waals surface area contributed by atoms with Gasteiger partial charge in [0.2, 0.25) is 6.10 Å². The first kappa shape index (κ1) is 9.98. The second kappa shape index (κ2) is 3.33. The van der Waals surface area contributed by atoms with Gasteiger partial charge >= 0.3 is 6.18 Å². The number of alkyl halides is 3. The molecule has 0 bridgehead atoms. The molecule has 1 aromatic rings. The summed E-state index contributed by atoms with van der Waals surface area (Å²) in [5, 5.41) is 10.6. The molecule has 0 saturated heterocycles. The normalized spacial score (nSPS) is 14.2. The van der Waals surface area contributed by atoms with E-state index in [2.05, 4.69) is 0 Å². The molecule has 0 fully saturated rings. The average molecular weight is 193 g/mol. The van der Waals surface area contributed by atoms with Crippen molar-refractivity contribution in [2.24, 2.45) is 0 Å². The van der Waals surface area contributed by atoms with Gasteiger partial charge in [0.25, 0.3) is 0 Å². The molecule has 13 heavy (non-hydrogen) atoms. The average Bonchev–Trinajstić information content (AvgIpc) is 2.01. The van der Waals surface area contributed by atoms with E-state index < -0.39 is 23.7 Å². The van der Waals surface area contributed by atoms with E-state index in [-0.39, 0.29) is 0 Å². The van der Waals surface area contributed by atoms with E-state index in [4.69, 9.17) is 0 Å². The molecule has 1 aromatic carbocycles. The van der Waals surface area contributed by atoms with Gasteiger partial charge in [-0.25, -0.2) is 9.50 Å². The van der Waals surface area contributed by atoms with Gasteiger partial charge in [-0.15, -0.1) is 0 Å². The second-order valence-corrected chi connectivity index (χ2v) is 2.48. The van der Waals surface area contributed by atoms with E-state index in [1.165, 1.54) is 0 Å². The van der Waals surface area contributed by atoms with Crippen LogP contribution < -0.4 is 0 Å². The summed E-state index contributed by atoms with van der Waals surface area (Å²) in [6, 6.07) is 3.59. The topological polar surface area (TPSA) is 19.9 Å². The van der Waals surface area contributed by atoms with Crippen LogP contribution in [0.25, 0.3) is 0 Å². The minimum atomic E-state index is -4.87. The van der Waals surface area contributed by atoms with E-state index in [1.54, 1.807) is 0 Å². The molecule has 0 N–H and O–H groups in total. The minimum absolute atomic E-state index is 0.588. The first-order valence-electron chi connectivity index (χ1n) is 3.39. The molecular formula is C8H5F4O. The Balaban J connectivity index is 2.96. The Labute approximate surface area is 71.6 Å². The second-order valence-electron chi connectivity index (χ2n) is 2.48. The van der Waals surface area contributed by atoms with Crippen molar-refractivity contribution in [1.82, 2.24) is 0 Å². The summed E-state index contributed by atoms with van der Waals surface area (Å²) in [7, 11) is 0. The summed E-state index contributed by atoms with van der Waals surface area (Å²) in [6.45, 7) is 0. The summed E-state index contributed by atoms with van der Waals surface area (Å²) in [5.74, 6) is -0.845. The van der Waals surface area contributed by atoms with Gasteiger partial charge < -0.3 is 0 Å². The molecule has 0 saturated carbocycles. The lowest BCUT2D eigenvalue weighted by Gasteiger charge is -2.12. The summed E-state index contributed by atoms with van der Waals surface area (Å²) in [6.07, 6.45) is -7.74. The third-order valence-corrected chi connectivity index (χ3v) is 1.45. The molecule has 0 heterocycles. The molecule has 1 nitrogen and oxygen atoms in total. The van der Waals surface area contributed by atoms with Crippen molar-refractivity contribution in [2.45, 2.75) is 12.3 Å². The molecular weight excluding hydrogens is 188 g/mol. The number of halogens is 4. The number of rotatable bonds is 1. The zero-order valence-corrected chi connectivity index (χ0v) is 6.31. The smallest absolute Gasteiger partial charge is 0.218 e. The fourth-order valence-corrected chi connectivity index (χ4v) is 0.859. The molecule has 71 valence electrons. The Morgan fingerprint density at radius 2 is 1.85 bits per heavy atom. The third kappa shape index (κ3) is 2.42. The quantitative estimate of drug-likeness (QED) is 0.611. The summed E-state index contributed by atoms with van der Waals surface area (Å²) in [5.41, 5.74) is -0.604. The maximum atomic E-state index is 12.4. The monoisotopic (exact) mass is 193 g/mol. The van der Waals surface area contributed by atoms with Crippen LogP contribution in [0.3, 0.4) is 0 Å². The lowest BCUT2D eigenvalue weighted by molar-refractivity contribution is -0.225. The largest absolute Gasteiger partial charge is 0.422 e. The van der Waals surface area contributed by atoms with Crippen molar-refractivity contribution in [3.05, 3.63) is 35.6 Å². The molecule has 5 heteroatoms. The highest BCUT2D eigenvalue weighted by Crippen LogP contribution is 2.32.